The molecule has 1 aromatic rings. The molecule has 0 amide bonds. The zero-order valence-corrected chi connectivity index (χ0v) is 12.1. The van der Waals surface area contributed by atoms with Gasteiger partial charge in [-0.15, -0.1) is 0 Å². The van der Waals surface area contributed by atoms with E-state index in [4.69, 9.17) is 28.9 Å². The Labute approximate surface area is 114 Å². The number of nitrogens with two attached hydrogens (primary N) is 1. The standard InChI is InChI=1S/C13H20Cl2N2/c1-13(2,8-16)9-17(3)7-10-4-5-11(14)12(15)6-10/h4-6H,7-9,16H2,1-3H3. The Bertz CT molecular complexity index is 378. The van der Waals surface area contributed by atoms with E-state index < -0.39 is 0 Å². The Morgan fingerprint density at radius 2 is 1.88 bits per heavy atom. The van der Waals surface area contributed by atoms with Crippen molar-refractivity contribution in [3.8, 4) is 0 Å². The van der Waals surface area contributed by atoms with Gasteiger partial charge in [-0.1, -0.05) is 43.1 Å². The molecule has 0 saturated heterocycles. The van der Waals surface area contributed by atoms with Gasteiger partial charge in [0.25, 0.3) is 0 Å². The number of rotatable bonds is 5. The highest BCUT2D eigenvalue weighted by Gasteiger charge is 2.18. The maximum atomic E-state index is 5.99. The summed E-state index contributed by atoms with van der Waals surface area (Å²) in [6.45, 7) is 6.81. The van der Waals surface area contributed by atoms with Gasteiger partial charge >= 0.3 is 0 Å². The third-order valence-electron chi connectivity index (χ3n) is 2.69. The summed E-state index contributed by atoms with van der Waals surface area (Å²) in [6.07, 6.45) is 0. The summed E-state index contributed by atoms with van der Waals surface area (Å²) in [5.41, 5.74) is 7.02. The van der Waals surface area contributed by atoms with Crippen LogP contribution in [0.25, 0.3) is 0 Å². The summed E-state index contributed by atoms with van der Waals surface area (Å²) in [7, 11) is 2.08. The van der Waals surface area contributed by atoms with Gasteiger partial charge in [0.1, 0.15) is 0 Å². The molecule has 0 aliphatic carbocycles. The maximum absolute atomic E-state index is 5.99. The summed E-state index contributed by atoms with van der Waals surface area (Å²) in [6, 6.07) is 5.75. The molecule has 1 aromatic carbocycles. The molecule has 96 valence electrons. The Morgan fingerprint density at radius 1 is 1.24 bits per heavy atom. The van der Waals surface area contributed by atoms with Crippen LogP contribution in [0, 0.1) is 5.41 Å². The second-order valence-corrected chi connectivity index (χ2v) is 6.10. The van der Waals surface area contributed by atoms with Gasteiger partial charge in [-0.3, -0.25) is 0 Å². The molecule has 0 bridgehead atoms. The minimum absolute atomic E-state index is 0.130. The van der Waals surface area contributed by atoms with E-state index in [1.165, 1.54) is 0 Å². The fourth-order valence-electron chi connectivity index (χ4n) is 1.80. The van der Waals surface area contributed by atoms with Crippen LogP contribution in [0.5, 0.6) is 0 Å². The number of benzene rings is 1. The summed E-state index contributed by atoms with van der Waals surface area (Å²) < 4.78 is 0. The molecule has 0 saturated carbocycles. The molecule has 17 heavy (non-hydrogen) atoms. The molecule has 2 N–H and O–H groups in total. The lowest BCUT2D eigenvalue weighted by molar-refractivity contribution is 0.210. The Balaban J connectivity index is 2.62. The van der Waals surface area contributed by atoms with E-state index in [-0.39, 0.29) is 5.41 Å². The topological polar surface area (TPSA) is 29.3 Å². The molecular formula is C13H20Cl2N2. The highest BCUT2D eigenvalue weighted by atomic mass is 35.5. The van der Waals surface area contributed by atoms with Crippen molar-refractivity contribution in [3.05, 3.63) is 33.8 Å². The monoisotopic (exact) mass is 274 g/mol. The van der Waals surface area contributed by atoms with Crippen molar-refractivity contribution in [2.75, 3.05) is 20.1 Å². The second-order valence-electron chi connectivity index (χ2n) is 5.29. The predicted molar refractivity (Wildman–Crippen MR) is 75.6 cm³/mol. The van der Waals surface area contributed by atoms with Crippen LogP contribution in [0.4, 0.5) is 0 Å². The number of halogens is 2. The summed E-state index contributed by atoms with van der Waals surface area (Å²) in [4.78, 5) is 2.24. The van der Waals surface area contributed by atoms with Crippen LogP contribution in [-0.2, 0) is 6.54 Å². The van der Waals surface area contributed by atoms with E-state index in [0.29, 0.717) is 16.6 Å². The first-order valence-corrected chi connectivity index (χ1v) is 6.42. The first kappa shape index (κ1) is 14.8. The van der Waals surface area contributed by atoms with Crippen molar-refractivity contribution in [1.29, 1.82) is 0 Å². The van der Waals surface area contributed by atoms with Gasteiger partial charge in [0.2, 0.25) is 0 Å². The van der Waals surface area contributed by atoms with E-state index in [1.54, 1.807) is 0 Å². The van der Waals surface area contributed by atoms with Crippen LogP contribution >= 0.6 is 23.2 Å². The summed E-state index contributed by atoms with van der Waals surface area (Å²) in [5, 5.41) is 1.20. The highest BCUT2D eigenvalue weighted by molar-refractivity contribution is 6.42. The van der Waals surface area contributed by atoms with Crippen LogP contribution in [0.2, 0.25) is 10.0 Å². The number of hydrogen-bond donors (Lipinski definition) is 1. The van der Waals surface area contributed by atoms with Gasteiger partial charge in [-0.05, 0) is 36.7 Å². The van der Waals surface area contributed by atoms with Gasteiger partial charge < -0.3 is 10.6 Å². The van der Waals surface area contributed by atoms with Crippen LogP contribution in [0.1, 0.15) is 19.4 Å². The molecule has 0 aliphatic rings. The molecule has 0 aromatic heterocycles. The van der Waals surface area contributed by atoms with Crippen LogP contribution in [0.3, 0.4) is 0 Å². The first-order chi connectivity index (χ1) is 7.84. The molecule has 0 atom stereocenters. The Kier molecular flexibility index (Phi) is 5.26. The van der Waals surface area contributed by atoms with E-state index in [1.807, 2.05) is 18.2 Å². The van der Waals surface area contributed by atoms with E-state index >= 15 is 0 Å². The highest BCUT2D eigenvalue weighted by Crippen LogP contribution is 2.23. The lowest BCUT2D eigenvalue weighted by atomic mass is 9.93. The molecule has 1 rings (SSSR count). The third kappa shape index (κ3) is 4.84. The van der Waals surface area contributed by atoms with Gasteiger partial charge in [0.05, 0.1) is 10.0 Å². The largest absolute Gasteiger partial charge is 0.330 e. The van der Waals surface area contributed by atoms with Crippen LogP contribution < -0.4 is 5.73 Å². The molecule has 0 unspecified atom stereocenters. The molecule has 0 radical (unpaired) electrons. The van der Waals surface area contributed by atoms with Gasteiger partial charge in [0, 0.05) is 13.1 Å². The fourth-order valence-corrected chi connectivity index (χ4v) is 2.12. The minimum atomic E-state index is 0.130. The molecule has 0 spiro atoms. The number of hydrogen-bond acceptors (Lipinski definition) is 2. The van der Waals surface area contributed by atoms with E-state index in [2.05, 4.69) is 25.8 Å². The van der Waals surface area contributed by atoms with Crippen LogP contribution in [0.15, 0.2) is 18.2 Å². The molecule has 2 nitrogen and oxygen atoms in total. The molecular weight excluding hydrogens is 255 g/mol. The maximum Gasteiger partial charge on any atom is 0.0595 e. The Hall–Kier alpha value is -0.280. The summed E-state index contributed by atoms with van der Waals surface area (Å²) in [5.74, 6) is 0. The smallest absolute Gasteiger partial charge is 0.0595 e. The van der Waals surface area contributed by atoms with Crippen molar-refractivity contribution in [1.82, 2.24) is 4.90 Å². The zero-order valence-electron chi connectivity index (χ0n) is 10.6. The minimum Gasteiger partial charge on any atom is -0.330 e. The molecule has 4 heteroatoms. The van der Waals surface area contributed by atoms with Crippen molar-refractivity contribution < 1.29 is 0 Å². The Morgan fingerprint density at radius 3 is 2.41 bits per heavy atom. The van der Waals surface area contributed by atoms with Gasteiger partial charge in [-0.2, -0.15) is 0 Å². The fraction of sp³-hybridized carbons (Fsp3) is 0.538. The van der Waals surface area contributed by atoms with Crippen molar-refractivity contribution in [2.45, 2.75) is 20.4 Å². The van der Waals surface area contributed by atoms with Crippen LogP contribution in [-0.4, -0.2) is 25.0 Å². The lowest BCUT2D eigenvalue weighted by Gasteiger charge is -2.29. The quantitative estimate of drug-likeness (QED) is 0.892. The van der Waals surface area contributed by atoms with Crippen molar-refractivity contribution in [3.63, 3.8) is 0 Å². The predicted octanol–water partition coefficient (Wildman–Crippen LogP) is 3.41. The molecule has 0 heterocycles. The van der Waals surface area contributed by atoms with Crippen molar-refractivity contribution in [2.24, 2.45) is 11.1 Å². The third-order valence-corrected chi connectivity index (χ3v) is 3.43. The SMILES string of the molecule is CN(Cc1ccc(Cl)c(Cl)c1)CC(C)(C)CN. The normalized spacial score (nSPS) is 12.2. The molecule has 0 aliphatic heterocycles. The lowest BCUT2D eigenvalue weighted by Crippen LogP contribution is -2.36. The first-order valence-electron chi connectivity index (χ1n) is 5.66. The van der Waals surface area contributed by atoms with Gasteiger partial charge in [0.15, 0.2) is 0 Å². The van der Waals surface area contributed by atoms with Gasteiger partial charge in [-0.25, -0.2) is 0 Å². The van der Waals surface area contributed by atoms with E-state index in [9.17, 15) is 0 Å². The van der Waals surface area contributed by atoms with Crippen molar-refractivity contribution >= 4 is 23.2 Å². The average molecular weight is 275 g/mol. The zero-order chi connectivity index (χ0) is 13.1. The van der Waals surface area contributed by atoms with E-state index in [0.717, 1.165) is 18.7 Å². The summed E-state index contributed by atoms with van der Waals surface area (Å²) >= 11 is 11.9. The average Bonchev–Trinajstić information content (AvgIpc) is 2.23. The second kappa shape index (κ2) is 6.05. The number of nitrogens with zero attached hydrogens (tertiary/aromatic N) is 1. The molecule has 0 fully saturated rings.